The van der Waals surface area contributed by atoms with Crippen LogP contribution < -0.4 is 5.73 Å². The predicted molar refractivity (Wildman–Crippen MR) is 67.6 cm³/mol. The van der Waals surface area contributed by atoms with Crippen molar-refractivity contribution >= 4 is 21.8 Å². The number of aromatic amines is 1. The van der Waals surface area contributed by atoms with E-state index in [4.69, 9.17) is 10.8 Å². The highest BCUT2D eigenvalue weighted by Crippen LogP contribution is 2.26. The Bertz CT molecular complexity index is 675. The van der Waals surface area contributed by atoms with E-state index in [9.17, 15) is 0 Å². The Morgan fingerprint density at radius 3 is 2.94 bits per heavy atom. The summed E-state index contributed by atoms with van der Waals surface area (Å²) in [4.78, 5) is 7.44. The van der Waals surface area contributed by atoms with Gasteiger partial charge in [0, 0.05) is 34.2 Å². The largest absolute Gasteiger partial charge is 0.394 e. The zero-order chi connectivity index (χ0) is 11.8. The maximum Gasteiger partial charge on any atom is 0.0624 e. The highest BCUT2D eigenvalue weighted by atomic mass is 16.3. The minimum Gasteiger partial charge on any atom is -0.394 e. The van der Waals surface area contributed by atoms with Crippen LogP contribution in [-0.2, 0) is 0 Å². The highest BCUT2D eigenvalue weighted by molar-refractivity contribution is 6.06. The van der Waals surface area contributed by atoms with E-state index in [1.807, 2.05) is 30.5 Å². The minimum absolute atomic E-state index is 0.0483. The van der Waals surface area contributed by atoms with Crippen molar-refractivity contribution in [1.82, 2.24) is 9.97 Å². The maximum absolute atomic E-state index is 9.05. The first-order valence-corrected chi connectivity index (χ1v) is 5.51. The zero-order valence-electron chi connectivity index (χ0n) is 9.22. The Hall–Kier alpha value is -1.91. The number of hydrogen-bond donors (Lipinski definition) is 3. The maximum atomic E-state index is 9.05. The van der Waals surface area contributed by atoms with Crippen LogP contribution in [0.2, 0.25) is 0 Å². The van der Waals surface area contributed by atoms with Crippen molar-refractivity contribution in [2.24, 2.45) is 5.73 Å². The molecular formula is C13H13N3O. The van der Waals surface area contributed by atoms with E-state index in [-0.39, 0.29) is 12.6 Å². The molecule has 3 aromatic rings. The van der Waals surface area contributed by atoms with Crippen LogP contribution in [0.3, 0.4) is 0 Å². The van der Waals surface area contributed by atoms with Crippen LogP contribution in [0.5, 0.6) is 0 Å². The van der Waals surface area contributed by atoms with Crippen molar-refractivity contribution in [2.75, 3.05) is 6.61 Å². The number of rotatable bonds is 2. The molecule has 0 fully saturated rings. The van der Waals surface area contributed by atoms with E-state index in [1.165, 1.54) is 0 Å². The molecule has 4 heteroatoms. The van der Waals surface area contributed by atoms with Crippen LogP contribution in [0, 0.1) is 0 Å². The second-order valence-corrected chi connectivity index (χ2v) is 4.14. The summed E-state index contributed by atoms with van der Waals surface area (Å²) in [5.41, 5.74) is 8.82. The molecule has 1 unspecified atom stereocenters. The quantitative estimate of drug-likeness (QED) is 0.624. The van der Waals surface area contributed by atoms with Gasteiger partial charge in [-0.25, -0.2) is 0 Å². The molecule has 2 aromatic heterocycles. The molecule has 86 valence electrons. The second-order valence-electron chi connectivity index (χ2n) is 4.14. The van der Waals surface area contributed by atoms with Gasteiger partial charge in [0.25, 0.3) is 0 Å². The van der Waals surface area contributed by atoms with E-state index < -0.39 is 0 Å². The zero-order valence-corrected chi connectivity index (χ0v) is 9.22. The number of pyridine rings is 1. The second kappa shape index (κ2) is 3.84. The Labute approximate surface area is 98.1 Å². The van der Waals surface area contributed by atoms with Crippen LogP contribution in [0.4, 0.5) is 0 Å². The van der Waals surface area contributed by atoms with Crippen LogP contribution in [0.1, 0.15) is 11.6 Å². The van der Waals surface area contributed by atoms with Gasteiger partial charge in [0.2, 0.25) is 0 Å². The van der Waals surface area contributed by atoms with Gasteiger partial charge in [-0.3, -0.25) is 4.98 Å². The van der Waals surface area contributed by atoms with E-state index in [1.54, 1.807) is 6.20 Å². The molecule has 0 spiro atoms. The van der Waals surface area contributed by atoms with Gasteiger partial charge >= 0.3 is 0 Å². The van der Waals surface area contributed by atoms with E-state index in [0.29, 0.717) is 0 Å². The number of fused-ring (bicyclic) bond motifs is 3. The molecule has 0 bridgehead atoms. The van der Waals surface area contributed by atoms with Crippen LogP contribution in [-0.4, -0.2) is 21.7 Å². The molecule has 4 N–H and O–H groups in total. The van der Waals surface area contributed by atoms with Crippen molar-refractivity contribution in [3.8, 4) is 0 Å². The summed E-state index contributed by atoms with van der Waals surface area (Å²) in [7, 11) is 0. The lowest BCUT2D eigenvalue weighted by molar-refractivity contribution is 0.268. The first kappa shape index (κ1) is 10.3. The third-order valence-electron chi connectivity index (χ3n) is 3.05. The monoisotopic (exact) mass is 227 g/mol. The van der Waals surface area contributed by atoms with Gasteiger partial charge in [0.05, 0.1) is 12.6 Å². The first-order chi connectivity index (χ1) is 8.29. The molecule has 0 aliphatic heterocycles. The summed E-state index contributed by atoms with van der Waals surface area (Å²) in [5.74, 6) is 0. The number of aromatic nitrogens is 2. The first-order valence-electron chi connectivity index (χ1n) is 5.51. The van der Waals surface area contributed by atoms with E-state index >= 15 is 0 Å². The Balaban J connectivity index is 2.26. The van der Waals surface area contributed by atoms with Gasteiger partial charge in [0.1, 0.15) is 0 Å². The van der Waals surface area contributed by atoms with Crippen molar-refractivity contribution in [3.63, 3.8) is 0 Å². The van der Waals surface area contributed by atoms with Crippen LogP contribution in [0.15, 0.2) is 36.7 Å². The lowest BCUT2D eigenvalue weighted by Gasteiger charge is -2.07. The van der Waals surface area contributed by atoms with Gasteiger partial charge in [-0.05, 0) is 17.7 Å². The SMILES string of the molecule is NC(CO)c1ccc2c(c1)[nH]c1ccncc12. The fourth-order valence-electron chi connectivity index (χ4n) is 2.10. The molecule has 0 saturated carbocycles. The number of aliphatic hydroxyl groups is 1. The van der Waals surface area contributed by atoms with Gasteiger partial charge in [-0.1, -0.05) is 12.1 Å². The van der Waals surface area contributed by atoms with Crippen molar-refractivity contribution < 1.29 is 5.11 Å². The summed E-state index contributed by atoms with van der Waals surface area (Å²) in [6.45, 7) is -0.0483. The third-order valence-corrected chi connectivity index (χ3v) is 3.05. The number of H-pyrrole nitrogens is 1. The third kappa shape index (κ3) is 1.58. The molecule has 2 heterocycles. The van der Waals surface area contributed by atoms with E-state index in [2.05, 4.69) is 9.97 Å². The number of aliphatic hydroxyl groups excluding tert-OH is 1. The predicted octanol–water partition coefficient (Wildman–Crippen LogP) is 1.71. The molecule has 0 saturated heterocycles. The van der Waals surface area contributed by atoms with Gasteiger partial charge in [0.15, 0.2) is 0 Å². The van der Waals surface area contributed by atoms with Gasteiger partial charge in [-0.15, -0.1) is 0 Å². The average molecular weight is 227 g/mol. The molecule has 1 atom stereocenters. The summed E-state index contributed by atoms with van der Waals surface area (Å²) in [6.07, 6.45) is 3.61. The van der Waals surface area contributed by atoms with Crippen molar-refractivity contribution in [2.45, 2.75) is 6.04 Å². The summed E-state index contributed by atoms with van der Waals surface area (Å²) >= 11 is 0. The Kier molecular flexibility index (Phi) is 2.31. The normalized spacial score (nSPS) is 13.3. The lowest BCUT2D eigenvalue weighted by Crippen LogP contribution is -2.14. The smallest absolute Gasteiger partial charge is 0.0624 e. The van der Waals surface area contributed by atoms with Gasteiger partial charge in [-0.2, -0.15) is 0 Å². The number of nitrogens with one attached hydrogen (secondary N) is 1. The fraction of sp³-hybridized carbons (Fsp3) is 0.154. The number of benzene rings is 1. The molecule has 3 rings (SSSR count). The lowest BCUT2D eigenvalue weighted by atomic mass is 10.1. The van der Waals surface area contributed by atoms with Crippen LogP contribution in [0.25, 0.3) is 21.8 Å². The van der Waals surface area contributed by atoms with Crippen LogP contribution >= 0.6 is 0 Å². The molecule has 0 aliphatic rings. The summed E-state index contributed by atoms with van der Waals surface area (Å²) in [5, 5.41) is 11.3. The fourth-order valence-corrected chi connectivity index (χ4v) is 2.10. The average Bonchev–Trinajstić information content (AvgIpc) is 2.75. The molecule has 1 aromatic carbocycles. The topological polar surface area (TPSA) is 74.9 Å². The number of nitrogens with zero attached hydrogens (tertiary/aromatic N) is 1. The van der Waals surface area contributed by atoms with E-state index in [0.717, 1.165) is 27.4 Å². The molecule has 0 radical (unpaired) electrons. The van der Waals surface area contributed by atoms with Crippen molar-refractivity contribution in [3.05, 3.63) is 42.2 Å². The minimum atomic E-state index is -0.330. The molecule has 0 aliphatic carbocycles. The summed E-state index contributed by atoms with van der Waals surface area (Å²) in [6, 6.07) is 7.56. The summed E-state index contributed by atoms with van der Waals surface area (Å²) < 4.78 is 0. The highest BCUT2D eigenvalue weighted by Gasteiger charge is 2.08. The molecule has 0 amide bonds. The number of hydrogen-bond acceptors (Lipinski definition) is 3. The van der Waals surface area contributed by atoms with Crippen molar-refractivity contribution in [1.29, 1.82) is 0 Å². The Morgan fingerprint density at radius 1 is 1.24 bits per heavy atom. The molecule has 4 nitrogen and oxygen atoms in total. The number of nitrogens with two attached hydrogens (primary N) is 1. The Morgan fingerprint density at radius 2 is 2.12 bits per heavy atom. The molecular weight excluding hydrogens is 214 g/mol. The standard InChI is InChI=1S/C13H13N3O/c14-11(7-17)8-1-2-9-10-6-15-4-3-12(10)16-13(9)5-8/h1-6,11,16-17H,7,14H2. The van der Waals surface area contributed by atoms with Gasteiger partial charge < -0.3 is 15.8 Å². The molecule has 17 heavy (non-hydrogen) atoms.